The molecule has 0 heterocycles. The van der Waals surface area contributed by atoms with Gasteiger partial charge in [0.1, 0.15) is 0 Å². The van der Waals surface area contributed by atoms with Gasteiger partial charge in [0.05, 0.1) is 5.75 Å². The third-order valence-corrected chi connectivity index (χ3v) is 5.73. The lowest BCUT2D eigenvalue weighted by Gasteiger charge is -2.18. The van der Waals surface area contributed by atoms with Gasteiger partial charge in [0.25, 0.3) is 5.91 Å². The Balaban J connectivity index is 1.45. The summed E-state index contributed by atoms with van der Waals surface area (Å²) in [6.45, 7) is 4.33. The number of esters is 1. The summed E-state index contributed by atoms with van der Waals surface area (Å²) in [5, 5.41) is 2.30. The molecule has 0 aromatic heterocycles. The first-order valence-corrected chi connectivity index (χ1v) is 10.5. The largest absolute Gasteiger partial charge is 0.455 e. The van der Waals surface area contributed by atoms with Gasteiger partial charge in [0, 0.05) is 18.5 Å². The Hall–Kier alpha value is -2.79. The summed E-state index contributed by atoms with van der Waals surface area (Å²) in [5.74, 6) is -0.433. The first-order valence-electron chi connectivity index (χ1n) is 9.49. The van der Waals surface area contributed by atoms with E-state index in [1.165, 1.54) is 17.3 Å². The van der Waals surface area contributed by atoms with Crippen molar-refractivity contribution in [3.05, 3.63) is 77.4 Å². The normalized spacial score (nSPS) is 10.7. The zero-order valence-corrected chi connectivity index (χ0v) is 17.8. The average molecular weight is 408 g/mol. The van der Waals surface area contributed by atoms with Crippen molar-refractivity contribution in [2.75, 3.05) is 19.4 Å². The molecule has 150 valence electrons. The Bertz CT molecular complexity index is 1030. The van der Waals surface area contributed by atoms with Gasteiger partial charge < -0.3 is 9.64 Å². The Kier molecular flexibility index (Phi) is 6.94. The predicted molar refractivity (Wildman–Crippen MR) is 118 cm³/mol. The Labute approximate surface area is 175 Å². The summed E-state index contributed by atoms with van der Waals surface area (Å²) in [4.78, 5) is 26.9. The maximum absolute atomic E-state index is 12.3. The summed E-state index contributed by atoms with van der Waals surface area (Å²) in [5.41, 5.74) is 3.43. The van der Waals surface area contributed by atoms with Gasteiger partial charge in [-0.3, -0.25) is 9.59 Å². The van der Waals surface area contributed by atoms with E-state index in [0.717, 1.165) is 26.8 Å². The van der Waals surface area contributed by atoms with E-state index in [-0.39, 0.29) is 18.3 Å². The van der Waals surface area contributed by atoms with Crippen LogP contribution >= 0.6 is 11.8 Å². The SMILES string of the molecule is Cc1ccc(CN(C)C(=O)COC(=O)CSc2ccc3ccccc3c2)c(C)c1. The Morgan fingerprint density at radius 2 is 1.72 bits per heavy atom. The minimum atomic E-state index is -0.392. The van der Waals surface area contributed by atoms with Crippen LogP contribution in [-0.4, -0.2) is 36.2 Å². The van der Waals surface area contributed by atoms with Crippen LogP contribution in [0.15, 0.2) is 65.6 Å². The van der Waals surface area contributed by atoms with E-state index in [0.29, 0.717) is 6.54 Å². The number of rotatable bonds is 7. The molecule has 29 heavy (non-hydrogen) atoms. The molecule has 3 aromatic rings. The van der Waals surface area contributed by atoms with Gasteiger partial charge in [-0.1, -0.05) is 54.1 Å². The van der Waals surface area contributed by atoms with Crippen molar-refractivity contribution in [3.8, 4) is 0 Å². The van der Waals surface area contributed by atoms with Crippen LogP contribution in [0.25, 0.3) is 10.8 Å². The molecule has 0 bridgehead atoms. The number of ether oxygens (including phenoxy) is 1. The molecular weight excluding hydrogens is 382 g/mol. The van der Waals surface area contributed by atoms with Gasteiger partial charge in [-0.25, -0.2) is 0 Å². The lowest BCUT2D eigenvalue weighted by molar-refractivity contribution is -0.149. The standard InChI is InChI=1S/C24H25NO3S/c1-17-8-9-21(18(2)12-17)14-25(3)23(26)15-28-24(27)16-29-22-11-10-19-6-4-5-7-20(19)13-22/h4-13H,14-16H2,1-3H3. The van der Waals surface area contributed by atoms with Crippen molar-refractivity contribution >= 4 is 34.4 Å². The molecule has 0 N–H and O–H groups in total. The van der Waals surface area contributed by atoms with Gasteiger partial charge >= 0.3 is 5.97 Å². The molecule has 4 nitrogen and oxygen atoms in total. The van der Waals surface area contributed by atoms with E-state index in [1.807, 2.05) is 56.3 Å². The number of hydrogen-bond donors (Lipinski definition) is 0. The zero-order chi connectivity index (χ0) is 20.8. The second-order valence-electron chi connectivity index (χ2n) is 7.14. The highest BCUT2D eigenvalue weighted by atomic mass is 32.2. The minimum absolute atomic E-state index is 0.173. The van der Waals surface area contributed by atoms with Gasteiger partial charge in [0.15, 0.2) is 6.61 Å². The predicted octanol–water partition coefficient (Wildman–Crippen LogP) is 4.75. The molecule has 3 rings (SSSR count). The number of thioether (sulfide) groups is 1. The van der Waals surface area contributed by atoms with E-state index < -0.39 is 5.97 Å². The number of carbonyl (C=O) groups is 2. The number of fused-ring (bicyclic) bond motifs is 1. The number of benzene rings is 3. The number of likely N-dealkylation sites (N-methyl/N-ethyl adjacent to an activating group) is 1. The van der Waals surface area contributed by atoms with Crippen molar-refractivity contribution in [2.24, 2.45) is 0 Å². The first-order chi connectivity index (χ1) is 13.9. The first kappa shape index (κ1) is 20.9. The van der Waals surface area contributed by atoms with Crippen molar-refractivity contribution in [3.63, 3.8) is 0 Å². The van der Waals surface area contributed by atoms with Crippen LogP contribution in [-0.2, 0) is 20.9 Å². The lowest BCUT2D eigenvalue weighted by atomic mass is 10.1. The van der Waals surface area contributed by atoms with Crippen LogP contribution < -0.4 is 0 Å². The maximum Gasteiger partial charge on any atom is 0.316 e. The summed E-state index contributed by atoms with van der Waals surface area (Å²) in [7, 11) is 1.72. The van der Waals surface area contributed by atoms with Gasteiger partial charge in [0.2, 0.25) is 0 Å². The third-order valence-electron chi connectivity index (χ3n) is 4.77. The summed E-state index contributed by atoms with van der Waals surface area (Å²) in [6, 6.07) is 20.3. The molecule has 0 saturated heterocycles. The number of nitrogens with zero attached hydrogens (tertiary/aromatic N) is 1. The van der Waals surface area contributed by atoms with E-state index in [2.05, 4.69) is 18.2 Å². The fourth-order valence-corrected chi connectivity index (χ4v) is 3.80. The molecule has 0 unspecified atom stereocenters. The van der Waals surface area contributed by atoms with E-state index in [9.17, 15) is 9.59 Å². The molecule has 0 aliphatic rings. The van der Waals surface area contributed by atoms with E-state index >= 15 is 0 Å². The molecule has 0 aliphatic carbocycles. The molecule has 0 atom stereocenters. The average Bonchev–Trinajstić information content (AvgIpc) is 2.72. The topological polar surface area (TPSA) is 46.6 Å². The molecule has 1 amide bonds. The third kappa shape index (κ3) is 5.84. The van der Waals surface area contributed by atoms with Crippen LogP contribution in [0, 0.1) is 13.8 Å². The fourth-order valence-electron chi connectivity index (χ4n) is 3.06. The fraction of sp³-hybridized carbons (Fsp3) is 0.250. The second-order valence-corrected chi connectivity index (χ2v) is 8.19. The Morgan fingerprint density at radius 1 is 0.966 bits per heavy atom. The monoisotopic (exact) mass is 407 g/mol. The molecule has 5 heteroatoms. The summed E-state index contributed by atoms with van der Waals surface area (Å²) < 4.78 is 5.17. The van der Waals surface area contributed by atoms with Crippen molar-refractivity contribution in [1.29, 1.82) is 0 Å². The molecule has 3 aromatic carbocycles. The zero-order valence-electron chi connectivity index (χ0n) is 17.0. The smallest absolute Gasteiger partial charge is 0.316 e. The Morgan fingerprint density at radius 3 is 2.48 bits per heavy atom. The molecule has 0 fully saturated rings. The number of amides is 1. The molecular formula is C24H25NO3S. The van der Waals surface area contributed by atoms with Crippen molar-refractivity contribution in [2.45, 2.75) is 25.3 Å². The highest BCUT2D eigenvalue weighted by Crippen LogP contribution is 2.23. The van der Waals surface area contributed by atoms with Crippen LogP contribution in [0.2, 0.25) is 0 Å². The maximum atomic E-state index is 12.3. The quantitative estimate of drug-likeness (QED) is 0.419. The van der Waals surface area contributed by atoms with Crippen LogP contribution in [0.3, 0.4) is 0 Å². The van der Waals surface area contributed by atoms with Crippen LogP contribution in [0.1, 0.15) is 16.7 Å². The van der Waals surface area contributed by atoms with E-state index in [1.54, 1.807) is 11.9 Å². The van der Waals surface area contributed by atoms with E-state index in [4.69, 9.17) is 4.74 Å². The summed E-state index contributed by atoms with van der Waals surface area (Å²) >= 11 is 1.41. The molecule has 0 aliphatic heterocycles. The molecule has 0 spiro atoms. The van der Waals surface area contributed by atoms with Crippen LogP contribution in [0.5, 0.6) is 0 Å². The highest BCUT2D eigenvalue weighted by Gasteiger charge is 2.14. The van der Waals surface area contributed by atoms with Crippen molar-refractivity contribution < 1.29 is 14.3 Å². The van der Waals surface area contributed by atoms with Gasteiger partial charge in [-0.15, -0.1) is 11.8 Å². The number of hydrogen-bond acceptors (Lipinski definition) is 4. The van der Waals surface area contributed by atoms with Crippen molar-refractivity contribution in [1.82, 2.24) is 4.90 Å². The van der Waals surface area contributed by atoms with Gasteiger partial charge in [-0.2, -0.15) is 0 Å². The highest BCUT2D eigenvalue weighted by molar-refractivity contribution is 8.00. The number of carbonyl (C=O) groups excluding carboxylic acids is 2. The molecule has 0 radical (unpaired) electrons. The van der Waals surface area contributed by atoms with Gasteiger partial charge in [-0.05, 0) is 47.9 Å². The molecule has 0 saturated carbocycles. The summed E-state index contributed by atoms with van der Waals surface area (Å²) in [6.07, 6.45) is 0. The second kappa shape index (κ2) is 9.61. The van der Waals surface area contributed by atoms with Crippen LogP contribution in [0.4, 0.5) is 0 Å². The minimum Gasteiger partial charge on any atom is -0.455 e. The number of aryl methyl sites for hydroxylation is 2. The lowest BCUT2D eigenvalue weighted by Crippen LogP contribution is -2.31.